The number of hydrogen-bond acceptors (Lipinski definition) is 8. The van der Waals surface area contributed by atoms with Gasteiger partial charge in [-0.05, 0) is 60.4 Å². The summed E-state index contributed by atoms with van der Waals surface area (Å²) in [7, 11) is -3.48. The van der Waals surface area contributed by atoms with Crippen LogP contribution in [-0.4, -0.2) is 29.9 Å². The zero-order valence-electron chi connectivity index (χ0n) is 19.1. The average molecular weight is 605 g/mol. The second-order valence-electron chi connectivity index (χ2n) is 7.86. The molecule has 0 fully saturated rings. The standard InChI is InChI=1S/C24H20F4N2O2S5/c25-21(26)3-1-9-33-23-29-17-11-15(5-7-19(17)35-23)13-37(31,32)14-16-6-8-20-18(12-16)30-24(36-20)34-10-2-4-22(27)28/h3-8,11-12H,1-2,9-10,13-14H2. The minimum absolute atomic E-state index is 0.141. The molecule has 4 nitrogen and oxygen atoms in total. The molecule has 0 N–H and O–H groups in total. The van der Waals surface area contributed by atoms with Gasteiger partial charge in [-0.15, -0.1) is 22.7 Å². The number of aromatic nitrogens is 2. The van der Waals surface area contributed by atoms with Gasteiger partial charge in [0.2, 0.25) is 0 Å². The van der Waals surface area contributed by atoms with Crippen molar-refractivity contribution in [2.24, 2.45) is 0 Å². The van der Waals surface area contributed by atoms with Gasteiger partial charge < -0.3 is 0 Å². The van der Waals surface area contributed by atoms with Gasteiger partial charge in [0.1, 0.15) is 0 Å². The molecule has 0 atom stereocenters. The van der Waals surface area contributed by atoms with Crippen LogP contribution >= 0.6 is 46.2 Å². The van der Waals surface area contributed by atoms with E-state index in [4.69, 9.17) is 0 Å². The highest BCUT2D eigenvalue weighted by Gasteiger charge is 2.16. The summed E-state index contributed by atoms with van der Waals surface area (Å²) in [6, 6.07) is 10.7. The van der Waals surface area contributed by atoms with Crippen LogP contribution in [0.5, 0.6) is 0 Å². The minimum Gasteiger partial charge on any atom is -0.230 e. The molecule has 2 aromatic heterocycles. The predicted octanol–water partition coefficient (Wildman–Crippen LogP) is 8.55. The lowest BCUT2D eigenvalue weighted by Crippen LogP contribution is -2.07. The van der Waals surface area contributed by atoms with E-state index in [1.54, 1.807) is 24.3 Å². The van der Waals surface area contributed by atoms with Gasteiger partial charge >= 0.3 is 0 Å². The van der Waals surface area contributed by atoms with Crippen LogP contribution in [0.15, 0.2) is 69.4 Å². The first-order valence-corrected chi connectivity index (χ1v) is 16.4. The van der Waals surface area contributed by atoms with Gasteiger partial charge in [0, 0.05) is 11.5 Å². The predicted molar refractivity (Wildman–Crippen MR) is 147 cm³/mol. The fraction of sp³-hybridized carbons (Fsp3) is 0.250. The van der Waals surface area contributed by atoms with Crippen LogP contribution < -0.4 is 0 Å². The largest absolute Gasteiger partial charge is 0.266 e. The van der Waals surface area contributed by atoms with E-state index in [1.165, 1.54) is 46.2 Å². The van der Waals surface area contributed by atoms with Crippen molar-refractivity contribution < 1.29 is 26.0 Å². The normalized spacial score (nSPS) is 11.8. The topological polar surface area (TPSA) is 59.9 Å². The van der Waals surface area contributed by atoms with Crippen LogP contribution in [0.4, 0.5) is 17.6 Å². The number of nitrogens with zero attached hydrogens (tertiary/aromatic N) is 2. The Morgan fingerprint density at radius 1 is 0.757 bits per heavy atom. The van der Waals surface area contributed by atoms with Gasteiger partial charge in [0.25, 0.3) is 12.2 Å². The highest BCUT2D eigenvalue weighted by atomic mass is 32.2. The van der Waals surface area contributed by atoms with Crippen molar-refractivity contribution in [3.05, 3.63) is 71.8 Å². The second-order valence-corrected chi connectivity index (χ2v) is 14.7. The summed E-state index contributed by atoms with van der Waals surface area (Å²) in [6.45, 7) is 0. The van der Waals surface area contributed by atoms with Crippen molar-refractivity contribution in [1.82, 2.24) is 9.97 Å². The molecule has 0 radical (unpaired) electrons. The van der Waals surface area contributed by atoms with E-state index in [9.17, 15) is 26.0 Å². The molecule has 196 valence electrons. The van der Waals surface area contributed by atoms with Gasteiger partial charge in [-0.25, -0.2) is 18.4 Å². The van der Waals surface area contributed by atoms with E-state index in [0.717, 1.165) is 30.2 Å². The Morgan fingerprint density at radius 3 is 1.59 bits per heavy atom. The Bertz CT molecular complexity index is 1450. The van der Waals surface area contributed by atoms with Gasteiger partial charge in [0.05, 0.1) is 31.9 Å². The van der Waals surface area contributed by atoms with Crippen molar-refractivity contribution in [1.29, 1.82) is 0 Å². The number of benzene rings is 2. The molecule has 2 aromatic carbocycles. The molecule has 0 saturated carbocycles. The van der Waals surface area contributed by atoms with Crippen molar-refractivity contribution in [2.75, 3.05) is 11.5 Å². The molecule has 4 rings (SSSR count). The van der Waals surface area contributed by atoms with E-state index in [2.05, 4.69) is 9.97 Å². The lowest BCUT2D eigenvalue weighted by Gasteiger charge is -2.05. The third-order valence-corrected chi connectivity index (χ3v) is 10.9. The first-order chi connectivity index (χ1) is 17.7. The van der Waals surface area contributed by atoms with Crippen molar-refractivity contribution in [3.63, 3.8) is 0 Å². The SMILES string of the molecule is O=S(=O)(Cc1ccc2sc(SCCC=C(F)F)nc2c1)Cc1ccc2sc(SCCC=C(F)F)nc2c1. The zero-order chi connectivity index (χ0) is 26.4. The Kier molecular flexibility index (Phi) is 9.67. The molecule has 37 heavy (non-hydrogen) atoms. The van der Waals surface area contributed by atoms with Gasteiger partial charge in [0.15, 0.2) is 18.5 Å². The second kappa shape index (κ2) is 12.7. The molecule has 0 unspecified atom stereocenters. The maximum atomic E-state index is 12.9. The zero-order valence-corrected chi connectivity index (χ0v) is 23.2. The highest BCUT2D eigenvalue weighted by molar-refractivity contribution is 8.01. The van der Waals surface area contributed by atoms with Crippen LogP contribution in [0.3, 0.4) is 0 Å². The van der Waals surface area contributed by atoms with Crippen LogP contribution in [0.1, 0.15) is 24.0 Å². The fourth-order valence-electron chi connectivity index (χ4n) is 3.39. The van der Waals surface area contributed by atoms with E-state index in [0.29, 0.717) is 33.7 Å². The third-order valence-electron chi connectivity index (χ3n) is 4.92. The number of thioether (sulfide) groups is 2. The molecule has 4 aromatic rings. The number of rotatable bonds is 12. The Morgan fingerprint density at radius 2 is 1.19 bits per heavy atom. The molecular weight excluding hydrogens is 585 g/mol. The third kappa shape index (κ3) is 8.54. The van der Waals surface area contributed by atoms with Crippen molar-refractivity contribution in [3.8, 4) is 0 Å². The summed E-state index contributed by atoms with van der Waals surface area (Å²) in [6.07, 6.45) is -1.12. The minimum atomic E-state index is -3.48. The van der Waals surface area contributed by atoms with Gasteiger partial charge in [-0.3, -0.25) is 0 Å². The van der Waals surface area contributed by atoms with E-state index >= 15 is 0 Å². The smallest absolute Gasteiger partial charge is 0.230 e. The maximum absolute atomic E-state index is 12.9. The van der Waals surface area contributed by atoms with Crippen LogP contribution in [0.2, 0.25) is 0 Å². The molecular formula is C24H20F4N2O2S5. The van der Waals surface area contributed by atoms with Gasteiger partial charge in [-0.1, -0.05) is 35.7 Å². The summed E-state index contributed by atoms with van der Waals surface area (Å²) < 4.78 is 77.8. The molecule has 2 heterocycles. The first kappa shape index (κ1) is 28.1. The van der Waals surface area contributed by atoms with Crippen LogP contribution in [-0.2, 0) is 21.3 Å². The van der Waals surface area contributed by atoms with E-state index < -0.39 is 22.0 Å². The molecule has 0 aliphatic rings. The summed E-state index contributed by atoms with van der Waals surface area (Å²) in [5, 5.41) is 0. The number of sulfone groups is 1. The summed E-state index contributed by atoms with van der Waals surface area (Å²) in [4.78, 5) is 9.01. The van der Waals surface area contributed by atoms with Crippen molar-refractivity contribution >= 4 is 76.5 Å². The number of allylic oxidation sites excluding steroid dienone is 2. The number of halogens is 4. The fourth-order valence-corrected chi connectivity index (χ4v) is 8.88. The highest BCUT2D eigenvalue weighted by Crippen LogP contribution is 2.32. The molecule has 0 aliphatic heterocycles. The molecule has 13 heteroatoms. The van der Waals surface area contributed by atoms with E-state index in [1.807, 2.05) is 12.1 Å². The molecule has 0 saturated heterocycles. The summed E-state index contributed by atoms with van der Waals surface area (Å²) in [5.41, 5.74) is 2.63. The molecule has 0 aliphatic carbocycles. The first-order valence-electron chi connectivity index (χ1n) is 10.9. The average Bonchev–Trinajstić information content (AvgIpc) is 3.41. The Hall–Kier alpha value is -1.93. The quantitative estimate of drug-likeness (QED) is 0.0918. The van der Waals surface area contributed by atoms with E-state index in [-0.39, 0.29) is 24.3 Å². The lowest BCUT2D eigenvalue weighted by molar-refractivity contribution is 0.417. The summed E-state index contributed by atoms with van der Waals surface area (Å²) >= 11 is 5.67. The van der Waals surface area contributed by atoms with Gasteiger partial charge in [-0.2, -0.15) is 17.6 Å². The number of fused-ring (bicyclic) bond motifs is 2. The Balaban J connectivity index is 1.39. The monoisotopic (exact) mass is 604 g/mol. The molecule has 0 bridgehead atoms. The Labute approximate surface area is 227 Å². The lowest BCUT2D eigenvalue weighted by atomic mass is 10.2. The van der Waals surface area contributed by atoms with Crippen LogP contribution in [0.25, 0.3) is 20.4 Å². The number of hydrogen-bond donors (Lipinski definition) is 0. The summed E-state index contributed by atoms with van der Waals surface area (Å²) in [5.74, 6) is 0.688. The number of thiazole rings is 2. The molecule has 0 amide bonds. The van der Waals surface area contributed by atoms with Crippen LogP contribution in [0, 0.1) is 0 Å². The van der Waals surface area contributed by atoms with Crippen molar-refractivity contribution in [2.45, 2.75) is 33.0 Å². The molecule has 0 spiro atoms. The maximum Gasteiger partial charge on any atom is 0.266 e.